The van der Waals surface area contributed by atoms with Crippen LogP contribution in [0.3, 0.4) is 0 Å². The zero-order valence-electron chi connectivity index (χ0n) is 73.4. The van der Waals surface area contributed by atoms with Gasteiger partial charge in [-0.15, -0.1) is 0 Å². The second kappa shape index (κ2) is 46.8. The van der Waals surface area contributed by atoms with Crippen molar-refractivity contribution in [1.29, 1.82) is 0 Å². The molecule has 18 aromatic carbocycles. The van der Waals surface area contributed by atoms with E-state index >= 15 is 0 Å². The van der Waals surface area contributed by atoms with Gasteiger partial charge in [0.2, 0.25) is 0 Å². The van der Waals surface area contributed by atoms with Crippen molar-refractivity contribution >= 4 is 129 Å². The first kappa shape index (κ1) is 92.0. The Labute approximate surface area is 666 Å². The van der Waals surface area contributed by atoms with E-state index in [-0.39, 0.29) is 0 Å². The highest BCUT2D eigenvalue weighted by atomic mass is 14.2. The number of benzene rings is 18. The monoisotopic (exact) mass is 1460 g/mol. The minimum absolute atomic E-state index is 1.32. The molecule has 0 aromatic heterocycles. The van der Waals surface area contributed by atoms with Crippen LogP contribution in [0.1, 0.15) is 191 Å². The molecule has 0 aliphatic rings. The van der Waals surface area contributed by atoms with Crippen LogP contribution in [0.4, 0.5) is 0 Å². The van der Waals surface area contributed by atoms with Gasteiger partial charge in [0.05, 0.1) is 0 Å². The lowest BCUT2D eigenvalue weighted by Crippen LogP contribution is -1.88. The normalized spacial score (nSPS) is 9.91. The maximum Gasteiger partial charge on any atom is -0.00239 e. The van der Waals surface area contributed by atoms with Gasteiger partial charge in [-0.1, -0.05) is 379 Å². The summed E-state index contributed by atoms with van der Waals surface area (Å²) in [4.78, 5) is 0. The molecule has 0 fully saturated rings. The molecule has 0 atom stereocenters. The SMILES string of the molecule is CC.CC.CC.CC.CC.CC.CC.CC.CC.Cc1cc2cccc3c(C)cc4cccc1c4c23.Cc1ccc(C)c2cc3ccccc3cc12.Cc1ccc2cc(C)c3ccccc3c2c1.Cc1ccc2ccc3c(C)ccc4ccc1c2c43.Cc1cccc2c(C)c3ccccc3cc12.Cc1ccccc1C. The lowest BCUT2D eigenvalue weighted by Gasteiger charge is -2.14. The van der Waals surface area contributed by atoms with Gasteiger partial charge in [-0.05, 0) is 292 Å². The summed E-state index contributed by atoms with van der Waals surface area (Å²) in [5.41, 5.74) is 16.3. The molecule has 110 heavy (non-hydrogen) atoms. The van der Waals surface area contributed by atoms with Gasteiger partial charge in [0, 0.05) is 0 Å². The Morgan fingerprint density at radius 3 is 0.845 bits per heavy atom. The van der Waals surface area contributed by atoms with Crippen LogP contribution in [0.15, 0.2) is 267 Å². The number of fused-ring (bicyclic) bond motifs is 7. The second-order valence-electron chi connectivity index (χ2n) is 25.8. The van der Waals surface area contributed by atoms with Crippen molar-refractivity contribution in [3.63, 3.8) is 0 Å². The van der Waals surface area contributed by atoms with Gasteiger partial charge < -0.3 is 0 Å². The van der Waals surface area contributed by atoms with Crippen LogP contribution in [-0.2, 0) is 0 Å². The summed E-state index contributed by atoms with van der Waals surface area (Å²) in [5.74, 6) is 0. The van der Waals surface area contributed by atoms with E-state index in [4.69, 9.17) is 0 Å². The van der Waals surface area contributed by atoms with Crippen molar-refractivity contribution in [1.82, 2.24) is 0 Å². The highest BCUT2D eigenvalue weighted by molar-refractivity contribution is 6.25. The molecule has 0 heteroatoms. The molecular formula is C110H134. The molecule has 0 amide bonds. The average Bonchev–Trinajstić information content (AvgIpc) is 0.740. The first-order valence-corrected chi connectivity index (χ1v) is 41.5. The molecule has 18 rings (SSSR count). The maximum atomic E-state index is 2.31. The van der Waals surface area contributed by atoms with Gasteiger partial charge in [-0.3, -0.25) is 0 Å². The largest absolute Gasteiger partial charge is 0.0683 e. The van der Waals surface area contributed by atoms with Crippen molar-refractivity contribution < 1.29 is 0 Å². The predicted molar refractivity (Wildman–Crippen MR) is 510 cm³/mol. The molecule has 0 aliphatic heterocycles. The van der Waals surface area contributed by atoms with E-state index in [0.29, 0.717) is 0 Å². The summed E-state index contributed by atoms with van der Waals surface area (Å²) >= 11 is 0. The Hall–Kier alpha value is -10.4. The quantitative estimate of drug-likeness (QED) is 0.105. The molecule has 0 nitrogen and oxygen atoms in total. The van der Waals surface area contributed by atoms with Crippen LogP contribution in [0.5, 0.6) is 0 Å². The van der Waals surface area contributed by atoms with Gasteiger partial charge in [-0.25, -0.2) is 0 Å². The summed E-state index contributed by atoms with van der Waals surface area (Å²) in [6.07, 6.45) is 0. The van der Waals surface area contributed by atoms with Crippen LogP contribution < -0.4 is 0 Å². The summed E-state index contributed by atoms with van der Waals surface area (Å²) in [6, 6.07) is 96.7. The zero-order valence-corrected chi connectivity index (χ0v) is 73.4. The van der Waals surface area contributed by atoms with Crippen molar-refractivity contribution in [3.8, 4) is 0 Å². The lowest BCUT2D eigenvalue weighted by molar-refractivity contribution is 1.34. The number of aryl methyl sites for hydroxylation is 12. The second-order valence-corrected chi connectivity index (χ2v) is 25.8. The summed E-state index contributed by atoms with van der Waals surface area (Å²) in [5, 5.41) is 32.9. The molecule has 0 N–H and O–H groups in total. The smallest absolute Gasteiger partial charge is 0.00239 e. The summed E-state index contributed by atoms with van der Waals surface area (Å²) in [6.45, 7) is 62.1. The molecular weight excluding hydrogens is 1320 g/mol. The molecule has 574 valence electrons. The molecule has 0 radical (unpaired) electrons. The zero-order chi connectivity index (χ0) is 81.9. The summed E-state index contributed by atoms with van der Waals surface area (Å²) < 4.78 is 0. The Bertz CT molecular complexity index is 5500. The molecule has 0 spiro atoms. The third kappa shape index (κ3) is 21.5. The predicted octanol–water partition coefficient (Wildman–Crippen LogP) is 35.8. The fourth-order valence-electron chi connectivity index (χ4n) is 14.2. The first-order valence-electron chi connectivity index (χ1n) is 41.5. The van der Waals surface area contributed by atoms with Crippen LogP contribution in [0.25, 0.3) is 129 Å². The van der Waals surface area contributed by atoms with Crippen molar-refractivity contribution in [2.45, 2.75) is 208 Å². The molecule has 0 saturated carbocycles. The minimum Gasteiger partial charge on any atom is -0.0683 e. The van der Waals surface area contributed by atoms with Gasteiger partial charge in [-0.2, -0.15) is 0 Å². The van der Waals surface area contributed by atoms with E-state index in [2.05, 4.69) is 350 Å². The molecule has 0 aliphatic carbocycles. The number of rotatable bonds is 0. The number of hydrogen-bond acceptors (Lipinski definition) is 0. The van der Waals surface area contributed by atoms with E-state index in [1.54, 1.807) is 0 Å². The van der Waals surface area contributed by atoms with E-state index in [9.17, 15) is 0 Å². The highest BCUT2D eigenvalue weighted by Gasteiger charge is 2.14. The molecule has 0 unspecified atom stereocenters. The van der Waals surface area contributed by atoms with E-state index < -0.39 is 0 Å². The molecule has 18 aromatic rings. The minimum atomic E-state index is 1.32. The Kier molecular flexibility index (Phi) is 39.2. The fourth-order valence-corrected chi connectivity index (χ4v) is 14.2. The van der Waals surface area contributed by atoms with Gasteiger partial charge in [0.25, 0.3) is 0 Å². The van der Waals surface area contributed by atoms with E-state index in [0.717, 1.165) is 0 Å². The van der Waals surface area contributed by atoms with E-state index in [1.807, 2.05) is 125 Å². The van der Waals surface area contributed by atoms with Gasteiger partial charge in [0.1, 0.15) is 0 Å². The van der Waals surface area contributed by atoms with Crippen LogP contribution in [0.2, 0.25) is 0 Å². The van der Waals surface area contributed by atoms with Crippen molar-refractivity contribution in [2.24, 2.45) is 0 Å². The molecule has 0 heterocycles. The third-order valence-electron chi connectivity index (χ3n) is 19.5. The molecule has 0 saturated heterocycles. The average molecular weight is 1460 g/mol. The Morgan fingerprint density at radius 2 is 0.391 bits per heavy atom. The maximum absolute atomic E-state index is 2.31. The molecule has 0 bridgehead atoms. The summed E-state index contributed by atoms with van der Waals surface area (Å²) in [7, 11) is 0. The highest BCUT2D eigenvalue weighted by Crippen LogP contribution is 2.40. The van der Waals surface area contributed by atoms with Crippen LogP contribution in [-0.4, -0.2) is 0 Å². The van der Waals surface area contributed by atoms with Gasteiger partial charge >= 0.3 is 0 Å². The lowest BCUT2D eigenvalue weighted by atomic mass is 9.90. The number of hydrogen-bond donors (Lipinski definition) is 0. The fraction of sp³-hybridized carbons (Fsp3) is 0.273. The van der Waals surface area contributed by atoms with E-state index in [1.165, 1.54) is 196 Å². The first-order chi connectivity index (χ1) is 53.6. The Balaban J connectivity index is 0.000000270. The van der Waals surface area contributed by atoms with Crippen LogP contribution in [0, 0.1) is 83.1 Å². The van der Waals surface area contributed by atoms with Crippen molar-refractivity contribution in [2.75, 3.05) is 0 Å². The van der Waals surface area contributed by atoms with Crippen molar-refractivity contribution in [3.05, 3.63) is 334 Å². The standard InChI is InChI=1S/2C18H14.3C16H14.C8H10.9C2H6/c1-11-9-13-5-4-8-16-12(2)10-14-6-3-7-15(11)17(14)18(13)16;1-11-3-5-13-8-10-16-12(2)4-6-14-7-9-15(11)17(13)18(14)16;1-11-6-5-9-15-12(2)14-8-4-3-7-13(14)10-16(11)15;1-11-7-8-12(2)16-10-14-6-4-3-5-13(14)9-15(11)16;1-11-7-8-13-10-12(2)14-5-3-4-6-15(14)16(13)9-11;1-7-5-3-4-6-8(7)2;9*1-2/h2*3-10H,1-2H3;3*3-10H,1-2H3;3-6H,1-2H3;9*1-2H3. The van der Waals surface area contributed by atoms with Crippen LogP contribution >= 0.6 is 0 Å². The Morgan fingerprint density at radius 1 is 0.127 bits per heavy atom. The topological polar surface area (TPSA) is 0 Å². The van der Waals surface area contributed by atoms with Gasteiger partial charge in [0.15, 0.2) is 0 Å². The third-order valence-corrected chi connectivity index (χ3v) is 19.5.